The summed E-state index contributed by atoms with van der Waals surface area (Å²) in [5.41, 5.74) is 9.48. The summed E-state index contributed by atoms with van der Waals surface area (Å²) >= 11 is 0. The fraction of sp³-hybridized carbons (Fsp3) is 0.229. The van der Waals surface area contributed by atoms with E-state index >= 15 is 0 Å². The van der Waals surface area contributed by atoms with Crippen molar-refractivity contribution in [1.82, 2.24) is 25.9 Å². The number of aromatic nitrogens is 2. The lowest BCUT2D eigenvalue weighted by molar-refractivity contribution is -0.142. The Hall–Kier alpha value is -5.95. The third-order valence-corrected chi connectivity index (χ3v) is 8.09. The second-order valence-corrected chi connectivity index (χ2v) is 11.5. The fourth-order valence-corrected chi connectivity index (χ4v) is 5.61. The van der Waals surface area contributed by atoms with Crippen LogP contribution in [0.4, 0.5) is 0 Å². The number of H-pyrrole nitrogens is 2. The van der Waals surface area contributed by atoms with Gasteiger partial charge in [-0.1, -0.05) is 66.7 Å². The standard InChI is InChI=1S/C35H36N6O7/c36-25(17-31(42)43)32(44)39-28(14-20-8-2-1-3-9-20)33(45)40-29(15-21-18-37-26-12-6-4-10-23(21)26)34(46)41-30(35(47)48)16-22-19-38-27-13-7-5-11-24(22)27/h1-13,18-19,25,28-30,37-38H,14-17,36H2,(H,39,44)(H,40,45)(H,41,46)(H,42,43)(H,47,48). The molecule has 13 heteroatoms. The summed E-state index contributed by atoms with van der Waals surface area (Å²) in [7, 11) is 0. The number of para-hydroxylation sites is 2. The molecular formula is C35H36N6O7. The zero-order valence-electron chi connectivity index (χ0n) is 25.8. The zero-order valence-corrected chi connectivity index (χ0v) is 25.8. The first kappa shape index (κ1) is 33.4. The molecule has 0 spiro atoms. The minimum Gasteiger partial charge on any atom is -0.481 e. The minimum atomic E-state index is -1.42. The maximum absolute atomic E-state index is 13.9. The Morgan fingerprint density at radius 1 is 0.604 bits per heavy atom. The summed E-state index contributed by atoms with van der Waals surface area (Å²) in [6.45, 7) is 0. The SMILES string of the molecule is NC(CC(=O)O)C(=O)NC(Cc1ccccc1)C(=O)NC(Cc1c[nH]c2ccccc12)C(=O)NC(Cc1c[nH]c2ccccc12)C(=O)O. The number of hydrogen-bond donors (Lipinski definition) is 8. The van der Waals surface area contributed by atoms with Crippen LogP contribution in [0.15, 0.2) is 91.3 Å². The van der Waals surface area contributed by atoms with Gasteiger partial charge in [0.15, 0.2) is 0 Å². The van der Waals surface area contributed by atoms with Crippen molar-refractivity contribution in [1.29, 1.82) is 0 Å². The summed E-state index contributed by atoms with van der Waals surface area (Å²) in [6, 6.07) is 18.4. The third kappa shape index (κ3) is 8.25. The Labute approximate surface area is 274 Å². The molecule has 0 fully saturated rings. The predicted octanol–water partition coefficient (Wildman–Crippen LogP) is 2.02. The van der Waals surface area contributed by atoms with Crippen molar-refractivity contribution in [2.45, 2.75) is 49.9 Å². The van der Waals surface area contributed by atoms with E-state index in [0.29, 0.717) is 16.7 Å². The van der Waals surface area contributed by atoms with Gasteiger partial charge < -0.3 is 41.9 Å². The highest BCUT2D eigenvalue weighted by Crippen LogP contribution is 2.21. The quantitative estimate of drug-likeness (QED) is 0.0834. The van der Waals surface area contributed by atoms with E-state index < -0.39 is 60.2 Å². The first-order chi connectivity index (χ1) is 23.1. The number of aromatic amines is 2. The number of nitrogens with one attached hydrogen (secondary N) is 5. The van der Waals surface area contributed by atoms with Gasteiger partial charge in [0.1, 0.15) is 18.1 Å². The van der Waals surface area contributed by atoms with Crippen molar-refractivity contribution >= 4 is 51.5 Å². The van der Waals surface area contributed by atoms with E-state index in [4.69, 9.17) is 10.8 Å². The molecule has 0 saturated carbocycles. The number of carbonyl (C=O) groups excluding carboxylic acids is 3. The molecule has 3 aromatic carbocycles. The number of fused-ring (bicyclic) bond motifs is 2. The van der Waals surface area contributed by atoms with Crippen LogP contribution in [0.1, 0.15) is 23.1 Å². The van der Waals surface area contributed by atoms with E-state index in [-0.39, 0.29) is 19.3 Å². The van der Waals surface area contributed by atoms with Crippen LogP contribution in [0.25, 0.3) is 21.8 Å². The van der Waals surface area contributed by atoms with Crippen molar-refractivity contribution in [2.75, 3.05) is 0 Å². The van der Waals surface area contributed by atoms with Gasteiger partial charge in [-0.05, 0) is 28.8 Å². The number of nitrogens with two attached hydrogens (primary N) is 1. The van der Waals surface area contributed by atoms with E-state index in [1.165, 1.54) is 0 Å². The van der Waals surface area contributed by atoms with Gasteiger partial charge in [0.25, 0.3) is 0 Å². The zero-order chi connectivity index (χ0) is 34.2. The molecule has 2 heterocycles. The number of benzene rings is 3. The Morgan fingerprint density at radius 3 is 1.60 bits per heavy atom. The summed E-state index contributed by atoms with van der Waals surface area (Å²) in [4.78, 5) is 70.4. The molecule has 0 bridgehead atoms. The molecular weight excluding hydrogens is 616 g/mol. The fourth-order valence-electron chi connectivity index (χ4n) is 5.61. The largest absolute Gasteiger partial charge is 0.481 e. The van der Waals surface area contributed by atoms with E-state index in [1.807, 2.05) is 48.5 Å². The Balaban J connectivity index is 1.41. The molecule has 3 amide bonds. The van der Waals surface area contributed by atoms with E-state index in [2.05, 4.69) is 25.9 Å². The van der Waals surface area contributed by atoms with Crippen molar-refractivity contribution < 1.29 is 34.2 Å². The molecule has 2 aromatic heterocycles. The average Bonchev–Trinajstić information content (AvgIpc) is 3.67. The number of aliphatic carboxylic acids is 2. The normalized spacial score (nSPS) is 13.7. The lowest BCUT2D eigenvalue weighted by Crippen LogP contribution is -2.58. The summed E-state index contributed by atoms with van der Waals surface area (Å²) < 4.78 is 0. The molecule has 0 aliphatic heterocycles. The van der Waals surface area contributed by atoms with E-state index in [0.717, 1.165) is 21.8 Å². The van der Waals surface area contributed by atoms with Gasteiger partial charge in [-0.2, -0.15) is 0 Å². The summed E-state index contributed by atoms with van der Waals surface area (Å²) in [5.74, 6) is -4.87. The van der Waals surface area contributed by atoms with Crippen LogP contribution < -0.4 is 21.7 Å². The summed E-state index contributed by atoms with van der Waals surface area (Å²) in [5, 5.41) is 28.7. The van der Waals surface area contributed by atoms with Crippen molar-refractivity contribution in [3.8, 4) is 0 Å². The molecule has 9 N–H and O–H groups in total. The van der Waals surface area contributed by atoms with Crippen LogP contribution in [0.3, 0.4) is 0 Å². The van der Waals surface area contributed by atoms with E-state index in [9.17, 15) is 29.1 Å². The van der Waals surface area contributed by atoms with Crippen molar-refractivity contribution in [3.05, 3.63) is 108 Å². The van der Waals surface area contributed by atoms with Crippen LogP contribution in [0.5, 0.6) is 0 Å². The first-order valence-corrected chi connectivity index (χ1v) is 15.3. The lowest BCUT2D eigenvalue weighted by Gasteiger charge is -2.25. The summed E-state index contributed by atoms with van der Waals surface area (Å²) in [6.07, 6.45) is 2.75. The molecule has 48 heavy (non-hydrogen) atoms. The van der Waals surface area contributed by atoms with Crippen LogP contribution >= 0.6 is 0 Å². The number of carboxylic acids is 2. The Kier molecular flexibility index (Phi) is 10.5. The maximum Gasteiger partial charge on any atom is 0.326 e. The number of carbonyl (C=O) groups is 5. The van der Waals surface area contributed by atoms with Crippen LogP contribution in [0, 0.1) is 0 Å². The molecule has 248 valence electrons. The van der Waals surface area contributed by atoms with Gasteiger partial charge in [-0.15, -0.1) is 0 Å². The highest BCUT2D eigenvalue weighted by molar-refractivity contribution is 5.96. The number of amides is 3. The van der Waals surface area contributed by atoms with Crippen molar-refractivity contribution in [2.24, 2.45) is 5.73 Å². The molecule has 0 saturated heterocycles. The lowest BCUT2D eigenvalue weighted by atomic mass is 10.0. The molecule has 5 aromatic rings. The number of rotatable bonds is 15. The van der Waals surface area contributed by atoms with Gasteiger partial charge in [0.05, 0.1) is 12.5 Å². The van der Waals surface area contributed by atoms with Crippen molar-refractivity contribution in [3.63, 3.8) is 0 Å². The average molecular weight is 653 g/mol. The molecule has 0 radical (unpaired) electrons. The van der Waals surface area contributed by atoms with Gasteiger partial charge in [-0.3, -0.25) is 19.2 Å². The van der Waals surface area contributed by atoms with Gasteiger partial charge >= 0.3 is 11.9 Å². The number of carboxylic acid groups (broad SMARTS) is 2. The van der Waals surface area contributed by atoms with Crippen LogP contribution in [-0.2, 0) is 43.2 Å². The monoisotopic (exact) mass is 652 g/mol. The number of hydrogen-bond acceptors (Lipinski definition) is 6. The third-order valence-electron chi connectivity index (χ3n) is 8.09. The smallest absolute Gasteiger partial charge is 0.326 e. The van der Waals surface area contributed by atoms with Gasteiger partial charge in [0, 0.05) is 53.5 Å². The molecule has 0 aliphatic rings. The predicted molar refractivity (Wildman–Crippen MR) is 178 cm³/mol. The molecule has 4 unspecified atom stereocenters. The van der Waals surface area contributed by atoms with E-state index in [1.54, 1.807) is 42.7 Å². The Bertz CT molecular complexity index is 1940. The second-order valence-electron chi connectivity index (χ2n) is 11.5. The maximum atomic E-state index is 13.9. The van der Waals surface area contributed by atoms with Crippen LogP contribution in [0.2, 0.25) is 0 Å². The van der Waals surface area contributed by atoms with Crippen LogP contribution in [-0.4, -0.2) is 74.0 Å². The topological polar surface area (TPSA) is 219 Å². The molecule has 13 nitrogen and oxygen atoms in total. The second kappa shape index (κ2) is 15.1. The van der Waals surface area contributed by atoms with Gasteiger partial charge in [-0.25, -0.2) is 4.79 Å². The molecule has 5 rings (SSSR count). The molecule has 0 aliphatic carbocycles. The first-order valence-electron chi connectivity index (χ1n) is 15.3. The highest BCUT2D eigenvalue weighted by Gasteiger charge is 2.32. The van der Waals surface area contributed by atoms with Gasteiger partial charge in [0.2, 0.25) is 17.7 Å². The Morgan fingerprint density at radius 2 is 1.06 bits per heavy atom. The minimum absolute atomic E-state index is 0.00839. The highest BCUT2D eigenvalue weighted by atomic mass is 16.4. The molecule has 4 atom stereocenters.